The Morgan fingerprint density at radius 1 is 1.44 bits per heavy atom. The first-order valence-corrected chi connectivity index (χ1v) is 6.71. The molecule has 0 heterocycles. The van der Waals surface area contributed by atoms with Gasteiger partial charge in [0.2, 0.25) is 10.0 Å². The van der Waals surface area contributed by atoms with Gasteiger partial charge in [-0.2, -0.15) is 0 Å². The Morgan fingerprint density at radius 3 is 2.50 bits per heavy atom. The summed E-state index contributed by atoms with van der Waals surface area (Å²) in [6, 6.07) is 3.89. The van der Waals surface area contributed by atoms with E-state index in [1.807, 2.05) is 0 Å². The van der Waals surface area contributed by atoms with Gasteiger partial charge in [-0.1, -0.05) is 13.0 Å². The molecule has 0 fully saturated rings. The second kappa shape index (κ2) is 5.12. The summed E-state index contributed by atoms with van der Waals surface area (Å²) in [5.74, 6) is -0.612. The van der Waals surface area contributed by atoms with Crippen LogP contribution < -0.4 is 0 Å². The maximum atomic E-state index is 13.6. The van der Waals surface area contributed by atoms with Crippen LogP contribution in [0.1, 0.15) is 12.5 Å². The Balaban J connectivity index is 3.24. The molecule has 0 aliphatic carbocycles. The van der Waals surface area contributed by atoms with Gasteiger partial charge in [-0.05, 0) is 17.7 Å². The summed E-state index contributed by atoms with van der Waals surface area (Å²) in [6.45, 7) is 1.97. The average molecular weight is 266 g/mol. The van der Waals surface area contributed by atoms with Crippen LogP contribution in [0, 0.1) is 5.82 Å². The van der Waals surface area contributed by atoms with Gasteiger partial charge in [-0.3, -0.25) is 0 Å². The summed E-state index contributed by atoms with van der Waals surface area (Å²) >= 11 is 5.53. The van der Waals surface area contributed by atoms with E-state index in [4.69, 9.17) is 11.6 Å². The van der Waals surface area contributed by atoms with Gasteiger partial charge in [0.05, 0.1) is 0 Å². The topological polar surface area (TPSA) is 37.4 Å². The highest BCUT2D eigenvalue weighted by atomic mass is 35.5. The van der Waals surface area contributed by atoms with Gasteiger partial charge in [0, 0.05) is 19.5 Å². The van der Waals surface area contributed by atoms with Gasteiger partial charge in [0.25, 0.3) is 0 Å². The van der Waals surface area contributed by atoms with Gasteiger partial charge >= 0.3 is 0 Å². The molecule has 0 aromatic heterocycles. The number of halogens is 2. The lowest BCUT2D eigenvalue weighted by Crippen LogP contribution is -2.27. The van der Waals surface area contributed by atoms with E-state index in [1.165, 1.54) is 19.2 Å². The fourth-order valence-corrected chi connectivity index (χ4v) is 2.56. The van der Waals surface area contributed by atoms with Crippen LogP contribution in [0.5, 0.6) is 0 Å². The van der Waals surface area contributed by atoms with E-state index < -0.39 is 15.8 Å². The van der Waals surface area contributed by atoms with E-state index in [0.29, 0.717) is 12.1 Å². The van der Waals surface area contributed by atoms with Gasteiger partial charge in [0.1, 0.15) is 10.7 Å². The van der Waals surface area contributed by atoms with E-state index in [2.05, 4.69) is 0 Å². The zero-order valence-electron chi connectivity index (χ0n) is 9.07. The van der Waals surface area contributed by atoms with Crippen molar-refractivity contribution in [2.24, 2.45) is 0 Å². The van der Waals surface area contributed by atoms with E-state index in [0.717, 1.165) is 10.4 Å². The van der Waals surface area contributed by atoms with E-state index in [1.54, 1.807) is 6.92 Å². The van der Waals surface area contributed by atoms with Crippen molar-refractivity contribution in [3.63, 3.8) is 0 Å². The van der Waals surface area contributed by atoms with Crippen LogP contribution in [0.15, 0.2) is 23.1 Å². The van der Waals surface area contributed by atoms with Crippen molar-refractivity contribution in [2.45, 2.75) is 17.7 Å². The maximum Gasteiger partial charge on any atom is 0.245 e. The van der Waals surface area contributed by atoms with Crippen molar-refractivity contribution in [3.8, 4) is 0 Å². The molecule has 0 aliphatic rings. The number of hydrogen-bond donors (Lipinski definition) is 0. The third-order valence-electron chi connectivity index (χ3n) is 2.28. The monoisotopic (exact) mass is 265 g/mol. The lowest BCUT2D eigenvalue weighted by Gasteiger charge is -2.15. The van der Waals surface area contributed by atoms with Crippen LogP contribution in [0.3, 0.4) is 0 Å². The maximum absolute atomic E-state index is 13.6. The fourth-order valence-electron chi connectivity index (χ4n) is 1.17. The Morgan fingerprint density at radius 2 is 2.06 bits per heavy atom. The molecule has 1 aromatic carbocycles. The summed E-state index contributed by atoms with van der Waals surface area (Å²) in [6.07, 6.45) is 0. The third kappa shape index (κ3) is 2.53. The third-order valence-corrected chi connectivity index (χ3v) is 4.56. The summed E-state index contributed by atoms with van der Waals surface area (Å²) in [4.78, 5) is -0.314. The second-order valence-electron chi connectivity index (χ2n) is 3.32. The van der Waals surface area contributed by atoms with Crippen LogP contribution in [-0.4, -0.2) is 26.3 Å². The predicted molar refractivity (Wildman–Crippen MR) is 61.4 cm³/mol. The first-order chi connectivity index (χ1) is 7.43. The van der Waals surface area contributed by atoms with E-state index >= 15 is 0 Å². The molecule has 90 valence electrons. The number of hydrogen-bond acceptors (Lipinski definition) is 2. The lowest BCUT2D eigenvalue weighted by atomic mass is 10.2. The molecule has 0 saturated heterocycles. The molecule has 3 nitrogen and oxygen atoms in total. The molecule has 0 atom stereocenters. The number of nitrogens with zero attached hydrogens (tertiary/aromatic N) is 1. The highest BCUT2D eigenvalue weighted by Gasteiger charge is 2.23. The molecule has 0 spiro atoms. The Labute approximate surface area is 99.9 Å². The van der Waals surface area contributed by atoms with Crippen molar-refractivity contribution in [1.29, 1.82) is 0 Å². The lowest BCUT2D eigenvalue weighted by molar-refractivity contribution is 0.478. The number of benzene rings is 1. The zero-order chi connectivity index (χ0) is 12.3. The first kappa shape index (κ1) is 13.4. The summed E-state index contributed by atoms with van der Waals surface area (Å²) in [7, 11) is -2.32. The molecule has 0 radical (unpaired) electrons. The molecule has 1 aromatic rings. The summed E-state index contributed by atoms with van der Waals surface area (Å²) in [5, 5.41) is 0. The van der Waals surface area contributed by atoms with Crippen molar-refractivity contribution < 1.29 is 12.8 Å². The van der Waals surface area contributed by atoms with Crippen LogP contribution in [0.25, 0.3) is 0 Å². The minimum Gasteiger partial charge on any atom is -0.207 e. The van der Waals surface area contributed by atoms with E-state index in [-0.39, 0.29) is 10.8 Å². The SMILES string of the molecule is CCN(C)S(=O)(=O)c1ccc(CCl)cc1F. The van der Waals surface area contributed by atoms with Crippen molar-refractivity contribution in [1.82, 2.24) is 4.31 Å². The molecule has 0 saturated carbocycles. The van der Waals surface area contributed by atoms with Gasteiger partial charge in [0.15, 0.2) is 0 Å². The van der Waals surface area contributed by atoms with Crippen molar-refractivity contribution in [2.75, 3.05) is 13.6 Å². The smallest absolute Gasteiger partial charge is 0.207 e. The molecule has 1 rings (SSSR count). The fraction of sp³-hybridized carbons (Fsp3) is 0.400. The zero-order valence-corrected chi connectivity index (χ0v) is 10.6. The van der Waals surface area contributed by atoms with Crippen LogP contribution in [0.4, 0.5) is 4.39 Å². The molecule has 0 aliphatic heterocycles. The highest BCUT2D eigenvalue weighted by molar-refractivity contribution is 7.89. The Bertz CT molecular complexity index is 476. The Hall–Kier alpha value is -0.650. The largest absolute Gasteiger partial charge is 0.245 e. The molecular weight excluding hydrogens is 253 g/mol. The molecular formula is C10H13ClFNO2S. The molecule has 0 bridgehead atoms. The normalized spacial score (nSPS) is 12.1. The molecule has 0 unspecified atom stereocenters. The quantitative estimate of drug-likeness (QED) is 0.783. The highest BCUT2D eigenvalue weighted by Crippen LogP contribution is 2.20. The predicted octanol–water partition coefficient (Wildman–Crippen LogP) is 2.20. The molecule has 6 heteroatoms. The van der Waals surface area contributed by atoms with Crippen molar-refractivity contribution in [3.05, 3.63) is 29.6 Å². The van der Waals surface area contributed by atoms with Crippen molar-refractivity contribution >= 4 is 21.6 Å². The first-order valence-electron chi connectivity index (χ1n) is 4.74. The van der Waals surface area contributed by atoms with Crippen LogP contribution in [-0.2, 0) is 15.9 Å². The molecule has 0 amide bonds. The minimum absolute atomic E-state index is 0.154. The van der Waals surface area contributed by atoms with Gasteiger partial charge in [-0.25, -0.2) is 17.1 Å². The molecule has 0 N–H and O–H groups in total. The number of rotatable bonds is 4. The summed E-state index contributed by atoms with van der Waals surface area (Å²) in [5.41, 5.74) is 0.553. The second-order valence-corrected chi connectivity index (χ2v) is 5.60. The average Bonchev–Trinajstić information content (AvgIpc) is 2.27. The Kier molecular flexibility index (Phi) is 4.29. The van der Waals surface area contributed by atoms with Gasteiger partial charge < -0.3 is 0 Å². The standard InChI is InChI=1S/C10H13ClFNO2S/c1-3-13(2)16(14,15)10-5-4-8(7-11)6-9(10)12/h4-6H,3,7H2,1-2H3. The van der Waals surface area contributed by atoms with Crippen LogP contribution in [0.2, 0.25) is 0 Å². The van der Waals surface area contributed by atoms with Gasteiger partial charge in [-0.15, -0.1) is 11.6 Å². The minimum atomic E-state index is -3.73. The van der Waals surface area contributed by atoms with Crippen LogP contribution >= 0.6 is 11.6 Å². The number of alkyl halides is 1. The summed E-state index contributed by atoms with van der Waals surface area (Å²) < 4.78 is 38.3. The number of sulfonamides is 1. The molecule has 16 heavy (non-hydrogen) atoms. The van der Waals surface area contributed by atoms with E-state index in [9.17, 15) is 12.8 Å².